The molecule has 11 heteroatoms. The quantitative estimate of drug-likeness (QED) is 0.520. The second-order valence-corrected chi connectivity index (χ2v) is 8.03. The summed E-state index contributed by atoms with van der Waals surface area (Å²) in [5, 5.41) is 12.2. The number of hydrogen-bond acceptors (Lipinski definition) is 7. The first-order valence-electron chi connectivity index (χ1n) is 10.7. The fourth-order valence-corrected chi connectivity index (χ4v) is 4.13. The van der Waals surface area contributed by atoms with Crippen molar-refractivity contribution in [3.8, 4) is 0 Å². The van der Waals surface area contributed by atoms with Gasteiger partial charge in [-0.15, -0.1) is 0 Å². The highest BCUT2D eigenvalue weighted by Crippen LogP contribution is 2.31. The molecule has 33 heavy (non-hydrogen) atoms. The van der Waals surface area contributed by atoms with Crippen molar-refractivity contribution in [3.05, 3.63) is 35.4 Å². The van der Waals surface area contributed by atoms with Crippen LogP contribution in [0.5, 0.6) is 0 Å². The van der Waals surface area contributed by atoms with Gasteiger partial charge in [0.25, 0.3) is 17.7 Å². The van der Waals surface area contributed by atoms with E-state index in [-0.39, 0.29) is 30.5 Å². The summed E-state index contributed by atoms with van der Waals surface area (Å²) >= 11 is 0. The first-order valence-corrected chi connectivity index (χ1v) is 10.7. The number of likely N-dealkylation sites (tertiary alicyclic amines) is 1. The fraction of sp³-hybridized carbons (Fsp3) is 0.455. The maximum atomic E-state index is 13.4. The zero-order chi connectivity index (χ0) is 24.5. The molecule has 0 saturated carbocycles. The molecular formula is C22H26N4O7. The standard InChI is InChI=1S/C22H26N4O7/c1-4-24(5-2)12-16(27)23-22(3,21(32)33)26-17(28)11-10-15(20(26)31)25-18(29)13-8-6-7-9-14(13)19(25)30/h6-9,15H,4-5,10-12H2,1-3H3,(H,23,27)(H,32,33). The van der Waals surface area contributed by atoms with Crippen molar-refractivity contribution >= 4 is 35.5 Å². The van der Waals surface area contributed by atoms with E-state index < -0.39 is 47.2 Å². The lowest BCUT2D eigenvalue weighted by molar-refractivity contribution is -0.173. The summed E-state index contributed by atoms with van der Waals surface area (Å²) in [7, 11) is 0. The summed E-state index contributed by atoms with van der Waals surface area (Å²) in [4.78, 5) is 79.5. The Bertz CT molecular complexity index is 1000. The van der Waals surface area contributed by atoms with E-state index in [1.54, 1.807) is 17.0 Å². The van der Waals surface area contributed by atoms with E-state index in [2.05, 4.69) is 5.32 Å². The Morgan fingerprint density at radius 1 is 1.09 bits per heavy atom. The third-order valence-electron chi connectivity index (χ3n) is 6.03. The van der Waals surface area contributed by atoms with Gasteiger partial charge in [-0.1, -0.05) is 26.0 Å². The molecule has 1 aromatic carbocycles. The lowest BCUT2D eigenvalue weighted by Crippen LogP contribution is -2.71. The zero-order valence-corrected chi connectivity index (χ0v) is 18.7. The van der Waals surface area contributed by atoms with Gasteiger partial charge < -0.3 is 10.4 Å². The number of carboxylic acids is 1. The van der Waals surface area contributed by atoms with Gasteiger partial charge in [0.15, 0.2) is 0 Å². The molecule has 1 fully saturated rings. The average Bonchev–Trinajstić information content (AvgIpc) is 3.02. The Balaban J connectivity index is 1.91. The monoisotopic (exact) mass is 458 g/mol. The maximum absolute atomic E-state index is 13.4. The number of amides is 5. The molecule has 0 bridgehead atoms. The van der Waals surface area contributed by atoms with Crippen molar-refractivity contribution < 1.29 is 33.9 Å². The topological polar surface area (TPSA) is 144 Å². The molecule has 5 amide bonds. The van der Waals surface area contributed by atoms with Gasteiger partial charge in [0, 0.05) is 6.42 Å². The van der Waals surface area contributed by atoms with Crippen molar-refractivity contribution in [1.82, 2.24) is 20.0 Å². The molecule has 2 atom stereocenters. The smallest absolute Gasteiger partial charge is 0.350 e. The van der Waals surface area contributed by atoms with Gasteiger partial charge in [-0.2, -0.15) is 0 Å². The highest BCUT2D eigenvalue weighted by atomic mass is 16.4. The molecule has 0 spiro atoms. The second kappa shape index (κ2) is 9.10. The molecule has 1 saturated heterocycles. The molecule has 3 rings (SSSR count). The van der Waals surface area contributed by atoms with Crippen LogP contribution in [0.3, 0.4) is 0 Å². The molecule has 11 nitrogen and oxygen atoms in total. The van der Waals surface area contributed by atoms with Gasteiger partial charge in [-0.25, -0.2) is 9.69 Å². The Kier molecular flexibility index (Phi) is 6.63. The van der Waals surface area contributed by atoms with Crippen molar-refractivity contribution in [2.24, 2.45) is 0 Å². The van der Waals surface area contributed by atoms with E-state index in [0.29, 0.717) is 18.0 Å². The van der Waals surface area contributed by atoms with Crippen LogP contribution in [0.4, 0.5) is 0 Å². The first kappa shape index (κ1) is 24.1. The summed E-state index contributed by atoms with van der Waals surface area (Å²) in [5.74, 6) is -5.54. The van der Waals surface area contributed by atoms with E-state index in [4.69, 9.17) is 0 Å². The summed E-state index contributed by atoms with van der Waals surface area (Å²) in [6.07, 6.45) is -0.415. The number of carbonyl (C=O) groups is 6. The molecule has 176 valence electrons. The Labute approximate surface area is 190 Å². The number of carbonyl (C=O) groups excluding carboxylic acids is 5. The molecule has 2 N–H and O–H groups in total. The summed E-state index contributed by atoms with van der Waals surface area (Å²) in [5.41, 5.74) is -2.13. The van der Waals surface area contributed by atoms with E-state index in [1.165, 1.54) is 12.1 Å². The predicted molar refractivity (Wildman–Crippen MR) is 114 cm³/mol. The third kappa shape index (κ3) is 4.11. The average molecular weight is 458 g/mol. The van der Waals surface area contributed by atoms with Crippen LogP contribution in [0.1, 0.15) is 54.3 Å². The van der Waals surface area contributed by atoms with Crippen LogP contribution < -0.4 is 5.32 Å². The Hall–Kier alpha value is -3.60. The molecule has 2 unspecified atom stereocenters. The van der Waals surface area contributed by atoms with Gasteiger partial charge >= 0.3 is 5.97 Å². The summed E-state index contributed by atoms with van der Waals surface area (Å²) in [6.45, 7) is 5.65. The minimum Gasteiger partial charge on any atom is -0.478 e. The van der Waals surface area contributed by atoms with E-state index in [0.717, 1.165) is 11.8 Å². The van der Waals surface area contributed by atoms with Crippen LogP contribution in [-0.4, -0.2) is 86.7 Å². The number of carboxylic acid groups (broad SMARTS) is 1. The van der Waals surface area contributed by atoms with Gasteiger partial charge in [0.1, 0.15) is 6.04 Å². The van der Waals surface area contributed by atoms with Gasteiger partial charge in [-0.3, -0.25) is 33.8 Å². The molecule has 0 aliphatic carbocycles. The predicted octanol–water partition coefficient (Wildman–Crippen LogP) is 0.0590. The third-order valence-corrected chi connectivity index (χ3v) is 6.03. The number of rotatable bonds is 8. The van der Waals surface area contributed by atoms with E-state index >= 15 is 0 Å². The largest absolute Gasteiger partial charge is 0.478 e. The number of nitrogens with one attached hydrogen (secondary N) is 1. The lowest BCUT2D eigenvalue weighted by atomic mass is 9.97. The molecule has 0 radical (unpaired) electrons. The second-order valence-electron chi connectivity index (χ2n) is 8.03. The van der Waals surface area contributed by atoms with Crippen molar-refractivity contribution in [2.45, 2.75) is 45.3 Å². The number of hydrogen-bond donors (Lipinski definition) is 2. The number of aliphatic carboxylic acids is 1. The van der Waals surface area contributed by atoms with E-state index in [1.807, 2.05) is 13.8 Å². The van der Waals surface area contributed by atoms with Gasteiger partial charge in [0.2, 0.25) is 17.5 Å². The number of likely N-dealkylation sites (N-methyl/N-ethyl adjacent to an activating group) is 1. The van der Waals surface area contributed by atoms with Crippen molar-refractivity contribution in [1.29, 1.82) is 0 Å². The molecule has 0 aromatic heterocycles. The molecule has 2 aliphatic rings. The molecular weight excluding hydrogens is 432 g/mol. The van der Waals surface area contributed by atoms with Crippen LogP contribution in [0.25, 0.3) is 0 Å². The number of benzene rings is 1. The number of nitrogens with zero attached hydrogens (tertiary/aromatic N) is 3. The normalized spacial score (nSPS) is 20.2. The molecule has 2 aliphatic heterocycles. The first-order chi connectivity index (χ1) is 15.6. The minimum atomic E-state index is -2.39. The SMILES string of the molecule is CCN(CC)CC(=O)NC(C)(C(=O)O)N1C(=O)CCC(N2C(=O)c3ccccc3C2=O)C1=O. The van der Waals surface area contributed by atoms with E-state index in [9.17, 15) is 33.9 Å². The maximum Gasteiger partial charge on any atom is 0.350 e. The Morgan fingerprint density at radius 2 is 1.64 bits per heavy atom. The van der Waals surface area contributed by atoms with Crippen LogP contribution >= 0.6 is 0 Å². The number of fused-ring (bicyclic) bond motifs is 1. The minimum absolute atomic E-state index is 0.131. The van der Waals surface area contributed by atoms with Crippen LogP contribution in [-0.2, 0) is 19.2 Å². The number of imide groups is 2. The molecule has 2 heterocycles. The zero-order valence-electron chi connectivity index (χ0n) is 18.7. The van der Waals surface area contributed by atoms with Crippen molar-refractivity contribution in [3.63, 3.8) is 0 Å². The Morgan fingerprint density at radius 3 is 2.12 bits per heavy atom. The van der Waals surface area contributed by atoms with Crippen molar-refractivity contribution in [2.75, 3.05) is 19.6 Å². The van der Waals surface area contributed by atoms with Crippen LogP contribution in [0.15, 0.2) is 24.3 Å². The van der Waals surface area contributed by atoms with Crippen LogP contribution in [0, 0.1) is 0 Å². The lowest BCUT2D eigenvalue weighted by Gasteiger charge is -2.42. The van der Waals surface area contributed by atoms with Crippen LogP contribution in [0.2, 0.25) is 0 Å². The fourth-order valence-electron chi connectivity index (χ4n) is 4.13. The highest BCUT2D eigenvalue weighted by Gasteiger charge is 2.54. The van der Waals surface area contributed by atoms with Gasteiger partial charge in [-0.05, 0) is 38.6 Å². The number of piperidine rings is 1. The summed E-state index contributed by atoms with van der Waals surface area (Å²) < 4.78 is 0. The van der Waals surface area contributed by atoms with Gasteiger partial charge in [0.05, 0.1) is 17.7 Å². The summed E-state index contributed by atoms with van der Waals surface area (Å²) in [6, 6.07) is 4.72. The molecule has 1 aromatic rings. The highest BCUT2D eigenvalue weighted by molar-refractivity contribution is 6.23.